The zero-order valence-electron chi connectivity index (χ0n) is 17.2. The van der Waals surface area contributed by atoms with E-state index in [4.69, 9.17) is 47.6 Å². The minimum absolute atomic E-state index is 0.192. The van der Waals surface area contributed by atoms with Crippen molar-refractivity contribution in [2.45, 2.75) is 106 Å². The van der Waals surface area contributed by atoms with Gasteiger partial charge in [0.15, 0.2) is 12.6 Å². The predicted octanol–water partition coefficient (Wildman–Crippen LogP) is -4.24. The van der Waals surface area contributed by atoms with Crippen LogP contribution in [0.1, 0.15) is 26.2 Å². The molecule has 1 aliphatic carbocycles. The summed E-state index contributed by atoms with van der Waals surface area (Å²) >= 11 is 0. The highest BCUT2D eigenvalue weighted by atomic mass is 16.7. The fourth-order valence-corrected chi connectivity index (χ4v) is 4.26. The molecule has 13 atom stereocenters. The second kappa shape index (κ2) is 9.98. The second-order valence-corrected chi connectivity index (χ2v) is 8.63. The summed E-state index contributed by atoms with van der Waals surface area (Å²) in [6.07, 6.45) is -6.88. The lowest BCUT2D eigenvalue weighted by Crippen LogP contribution is -2.67. The van der Waals surface area contributed by atoms with E-state index in [9.17, 15) is 15.3 Å². The van der Waals surface area contributed by atoms with Crippen molar-refractivity contribution < 1.29 is 34.3 Å². The van der Waals surface area contributed by atoms with Crippen LogP contribution in [0.25, 0.3) is 0 Å². The summed E-state index contributed by atoms with van der Waals surface area (Å²) < 4.78 is 23.4. The van der Waals surface area contributed by atoms with Crippen molar-refractivity contribution in [3.05, 3.63) is 0 Å². The highest BCUT2D eigenvalue weighted by Crippen LogP contribution is 2.31. The van der Waals surface area contributed by atoms with Gasteiger partial charge in [0.2, 0.25) is 0 Å². The smallest absolute Gasteiger partial charge is 0.187 e. The van der Waals surface area contributed by atoms with Gasteiger partial charge in [0.05, 0.1) is 30.4 Å². The third-order valence-electron chi connectivity index (χ3n) is 6.32. The van der Waals surface area contributed by atoms with Gasteiger partial charge in [0.25, 0.3) is 0 Å². The molecule has 12 heteroatoms. The Labute approximate surface area is 175 Å². The van der Waals surface area contributed by atoms with Crippen molar-refractivity contribution >= 4 is 0 Å². The number of nitrogens with two attached hydrogens (primary N) is 5. The summed E-state index contributed by atoms with van der Waals surface area (Å²) in [7, 11) is 0. The van der Waals surface area contributed by atoms with Crippen molar-refractivity contribution in [2.24, 2.45) is 28.7 Å². The Morgan fingerprint density at radius 3 is 2.13 bits per heavy atom. The molecule has 13 N–H and O–H groups in total. The van der Waals surface area contributed by atoms with Gasteiger partial charge in [-0.25, -0.2) is 0 Å². The van der Waals surface area contributed by atoms with Gasteiger partial charge < -0.3 is 62.9 Å². The first-order valence-corrected chi connectivity index (χ1v) is 10.5. The van der Waals surface area contributed by atoms with Crippen molar-refractivity contribution in [1.29, 1.82) is 0 Å². The molecule has 1 saturated carbocycles. The maximum absolute atomic E-state index is 10.7. The van der Waals surface area contributed by atoms with Crippen LogP contribution in [0.15, 0.2) is 0 Å². The third-order valence-corrected chi connectivity index (χ3v) is 6.32. The van der Waals surface area contributed by atoms with Gasteiger partial charge in [-0.1, -0.05) is 0 Å². The second-order valence-electron chi connectivity index (χ2n) is 8.63. The highest BCUT2D eigenvalue weighted by Gasteiger charge is 2.49. The summed E-state index contributed by atoms with van der Waals surface area (Å²) in [5.41, 5.74) is 30.0. The van der Waals surface area contributed by atoms with Crippen LogP contribution < -0.4 is 28.7 Å². The van der Waals surface area contributed by atoms with Gasteiger partial charge in [-0.05, 0) is 26.2 Å². The molecule has 0 unspecified atom stereocenters. The standard InChI is InChI=1S/C18H37N5O7/c1-6-11(23)13(25)14(26)18(27-6)30-16-12(24)9(21)4-10(22)15(16)29-17-8(20)3-2-7(5-19)28-17/h6-18,24-26H,2-5,19-23H2,1H3/t6-,7+,8-,9-,10+,11-,12+,13+,14+,15-,16-,17-,18+/m1/s1. The number of aliphatic hydroxyl groups excluding tert-OH is 3. The van der Waals surface area contributed by atoms with Crippen molar-refractivity contribution in [2.75, 3.05) is 6.54 Å². The zero-order chi connectivity index (χ0) is 22.2. The fourth-order valence-electron chi connectivity index (χ4n) is 4.26. The van der Waals surface area contributed by atoms with E-state index in [2.05, 4.69) is 0 Å². The molecule has 2 heterocycles. The van der Waals surface area contributed by atoms with Gasteiger partial charge in [0.1, 0.15) is 24.4 Å². The minimum Gasteiger partial charge on any atom is -0.389 e. The number of rotatable bonds is 5. The third kappa shape index (κ3) is 4.95. The van der Waals surface area contributed by atoms with Crippen LogP contribution in [-0.2, 0) is 18.9 Å². The number of aliphatic hydroxyl groups is 3. The molecule has 176 valence electrons. The highest BCUT2D eigenvalue weighted by molar-refractivity contribution is 5.00. The molecular formula is C18H37N5O7. The molecule has 2 saturated heterocycles. The first-order chi connectivity index (χ1) is 14.1. The van der Waals surface area contributed by atoms with Crippen LogP contribution in [0.3, 0.4) is 0 Å². The Bertz CT molecular complexity index is 563. The normalized spacial score (nSPS) is 52.9. The predicted molar refractivity (Wildman–Crippen MR) is 106 cm³/mol. The van der Waals surface area contributed by atoms with E-state index in [1.54, 1.807) is 6.92 Å². The van der Waals surface area contributed by atoms with Gasteiger partial charge in [-0.15, -0.1) is 0 Å². The maximum atomic E-state index is 10.7. The van der Waals surface area contributed by atoms with Crippen LogP contribution in [0.5, 0.6) is 0 Å². The summed E-state index contributed by atoms with van der Waals surface area (Å²) in [5, 5.41) is 31.3. The van der Waals surface area contributed by atoms with E-state index < -0.39 is 73.4 Å². The van der Waals surface area contributed by atoms with Crippen molar-refractivity contribution in [3.8, 4) is 0 Å². The molecule has 0 amide bonds. The van der Waals surface area contributed by atoms with E-state index in [-0.39, 0.29) is 12.5 Å². The number of ether oxygens (including phenoxy) is 4. The summed E-state index contributed by atoms with van der Waals surface area (Å²) in [6, 6.07) is -2.44. The van der Waals surface area contributed by atoms with Gasteiger partial charge in [-0.2, -0.15) is 0 Å². The topological polar surface area (TPSA) is 228 Å². The average molecular weight is 436 g/mol. The summed E-state index contributed by atoms with van der Waals surface area (Å²) in [4.78, 5) is 0. The van der Waals surface area contributed by atoms with Crippen LogP contribution in [0, 0.1) is 0 Å². The Morgan fingerprint density at radius 1 is 0.800 bits per heavy atom. The number of hydrogen-bond donors (Lipinski definition) is 8. The van der Waals surface area contributed by atoms with Crippen LogP contribution >= 0.6 is 0 Å². The molecule has 0 aromatic carbocycles. The lowest BCUT2D eigenvalue weighted by Gasteiger charge is -2.47. The lowest BCUT2D eigenvalue weighted by atomic mass is 9.84. The molecule has 3 aliphatic rings. The molecular weight excluding hydrogens is 398 g/mol. The van der Waals surface area contributed by atoms with E-state index in [1.807, 2.05) is 0 Å². The molecule has 0 bridgehead atoms. The van der Waals surface area contributed by atoms with Gasteiger partial charge in [-0.3, -0.25) is 0 Å². The van der Waals surface area contributed by atoms with Crippen molar-refractivity contribution in [3.63, 3.8) is 0 Å². The fraction of sp³-hybridized carbons (Fsp3) is 1.00. The monoisotopic (exact) mass is 435 g/mol. The molecule has 0 radical (unpaired) electrons. The Kier molecular flexibility index (Phi) is 8.04. The maximum Gasteiger partial charge on any atom is 0.187 e. The van der Waals surface area contributed by atoms with Crippen LogP contribution in [0.4, 0.5) is 0 Å². The molecule has 0 aromatic rings. The Balaban J connectivity index is 1.76. The van der Waals surface area contributed by atoms with Crippen LogP contribution in [-0.4, -0.2) is 101 Å². The molecule has 3 rings (SSSR count). The van der Waals surface area contributed by atoms with Gasteiger partial charge in [0, 0.05) is 18.6 Å². The molecule has 30 heavy (non-hydrogen) atoms. The first kappa shape index (κ1) is 24.2. The van der Waals surface area contributed by atoms with Crippen LogP contribution in [0.2, 0.25) is 0 Å². The SMILES string of the molecule is C[C@H]1O[C@@H](O[C@@H]2[C@@H](O)[C@H](N)C[C@H](N)[C@H]2O[C@H]2O[C@H](CN)CC[C@H]2N)[C@@H](O)[C@@H](O)[C@@H]1N. The number of hydrogen-bond acceptors (Lipinski definition) is 12. The summed E-state index contributed by atoms with van der Waals surface area (Å²) in [6.45, 7) is 1.98. The first-order valence-electron chi connectivity index (χ1n) is 10.5. The molecule has 2 aliphatic heterocycles. The zero-order valence-corrected chi connectivity index (χ0v) is 17.2. The molecule has 3 fully saturated rings. The Morgan fingerprint density at radius 2 is 1.47 bits per heavy atom. The van der Waals surface area contributed by atoms with Crippen molar-refractivity contribution in [1.82, 2.24) is 0 Å². The van der Waals surface area contributed by atoms with E-state index >= 15 is 0 Å². The Hall–Kier alpha value is -0.480. The molecule has 12 nitrogen and oxygen atoms in total. The van der Waals surface area contributed by atoms with Gasteiger partial charge >= 0.3 is 0 Å². The van der Waals surface area contributed by atoms with E-state index in [1.165, 1.54) is 0 Å². The lowest BCUT2D eigenvalue weighted by molar-refractivity contribution is -0.321. The van der Waals surface area contributed by atoms with E-state index in [0.717, 1.165) is 6.42 Å². The quantitative estimate of drug-likeness (QED) is 0.205. The molecule has 0 aromatic heterocycles. The average Bonchev–Trinajstić information content (AvgIpc) is 2.72. The van der Waals surface area contributed by atoms with E-state index in [0.29, 0.717) is 13.0 Å². The largest absolute Gasteiger partial charge is 0.389 e. The molecule has 0 spiro atoms. The summed E-state index contributed by atoms with van der Waals surface area (Å²) in [5.74, 6) is 0. The minimum atomic E-state index is -1.42.